The Morgan fingerprint density at radius 3 is 2.63 bits per heavy atom. The summed E-state index contributed by atoms with van der Waals surface area (Å²) in [5.74, 6) is 0.867. The first kappa shape index (κ1) is 19.3. The van der Waals surface area contributed by atoms with Crippen molar-refractivity contribution < 1.29 is 23.6 Å². The fourth-order valence-electron chi connectivity index (χ4n) is 3.11. The normalized spacial score (nSPS) is 11.0. The van der Waals surface area contributed by atoms with Gasteiger partial charge in [0.05, 0.1) is 10.5 Å². The zero-order valence-corrected chi connectivity index (χ0v) is 16.2. The Hall–Kier alpha value is -4.07. The second-order valence-corrected chi connectivity index (χ2v) is 6.84. The lowest BCUT2D eigenvalue weighted by molar-refractivity contribution is -0.384. The van der Waals surface area contributed by atoms with Crippen molar-refractivity contribution in [3.8, 4) is 23.0 Å². The minimum absolute atomic E-state index is 0.000409. The highest BCUT2D eigenvalue weighted by atomic mass is 16.6. The van der Waals surface area contributed by atoms with E-state index in [-0.39, 0.29) is 29.4 Å². The van der Waals surface area contributed by atoms with Gasteiger partial charge in [-0.15, -0.1) is 0 Å². The lowest BCUT2D eigenvalue weighted by atomic mass is 10.1. The van der Waals surface area contributed by atoms with E-state index in [2.05, 4.69) is 0 Å². The molecule has 30 heavy (non-hydrogen) atoms. The average molecular weight is 407 g/mol. The number of benzene rings is 2. The Kier molecular flexibility index (Phi) is 4.75. The van der Waals surface area contributed by atoms with Gasteiger partial charge in [0.25, 0.3) is 5.69 Å². The summed E-state index contributed by atoms with van der Waals surface area (Å²) in [6, 6.07) is 13.1. The number of hydrogen-bond donors (Lipinski definition) is 1. The lowest BCUT2D eigenvalue weighted by Gasteiger charge is -2.06. The molecule has 0 spiro atoms. The van der Waals surface area contributed by atoms with Crippen LogP contribution in [-0.2, 0) is 6.61 Å². The maximum absolute atomic E-state index is 11.9. The van der Waals surface area contributed by atoms with Gasteiger partial charge in [-0.05, 0) is 37.6 Å². The Balaban J connectivity index is 1.61. The van der Waals surface area contributed by atoms with Gasteiger partial charge in [0.1, 0.15) is 23.7 Å². The van der Waals surface area contributed by atoms with E-state index in [4.69, 9.17) is 13.6 Å². The molecule has 2 heterocycles. The lowest BCUT2D eigenvalue weighted by Crippen LogP contribution is -2.05. The van der Waals surface area contributed by atoms with Crippen LogP contribution in [0, 0.1) is 24.0 Å². The Morgan fingerprint density at radius 2 is 1.87 bits per heavy atom. The number of non-ortho nitro benzene ring substituents is 1. The van der Waals surface area contributed by atoms with Gasteiger partial charge in [-0.3, -0.25) is 10.1 Å². The predicted octanol–water partition coefficient (Wildman–Crippen LogP) is 4.86. The van der Waals surface area contributed by atoms with Crippen LogP contribution in [0.5, 0.6) is 11.5 Å². The van der Waals surface area contributed by atoms with Crippen molar-refractivity contribution in [2.24, 2.45) is 0 Å². The Labute approximate surface area is 170 Å². The van der Waals surface area contributed by atoms with Crippen LogP contribution in [0.25, 0.3) is 22.5 Å². The molecule has 0 atom stereocenters. The van der Waals surface area contributed by atoms with Gasteiger partial charge >= 0.3 is 5.63 Å². The molecule has 0 amide bonds. The number of fused-ring (bicyclic) bond motifs is 1. The summed E-state index contributed by atoms with van der Waals surface area (Å²) in [6.45, 7) is 3.28. The van der Waals surface area contributed by atoms with Crippen LogP contribution in [-0.4, -0.2) is 10.0 Å². The van der Waals surface area contributed by atoms with Crippen LogP contribution in [0.2, 0.25) is 0 Å². The highest BCUT2D eigenvalue weighted by Crippen LogP contribution is 2.34. The first-order chi connectivity index (χ1) is 14.3. The maximum Gasteiger partial charge on any atom is 0.343 e. The van der Waals surface area contributed by atoms with Gasteiger partial charge in [-0.25, -0.2) is 4.79 Å². The monoisotopic (exact) mass is 407 g/mol. The summed E-state index contributed by atoms with van der Waals surface area (Å²) < 4.78 is 16.9. The van der Waals surface area contributed by atoms with Crippen molar-refractivity contribution in [3.63, 3.8) is 0 Å². The zero-order valence-electron chi connectivity index (χ0n) is 16.2. The number of rotatable bonds is 5. The number of hydrogen-bond acceptors (Lipinski definition) is 7. The molecule has 0 radical (unpaired) electrons. The van der Waals surface area contributed by atoms with Crippen molar-refractivity contribution in [2.45, 2.75) is 20.5 Å². The van der Waals surface area contributed by atoms with E-state index in [0.717, 1.165) is 5.39 Å². The molecule has 152 valence electrons. The van der Waals surface area contributed by atoms with Gasteiger partial charge in [-0.2, -0.15) is 0 Å². The first-order valence-corrected chi connectivity index (χ1v) is 9.07. The fraction of sp³-hybridized carbons (Fsp3) is 0.136. The maximum atomic E-state index is 11.9. The van der Waals surface area contributed by atoms with E-state index in [1.165, 1.54) is 19.1 Å². The topological polar surface area (TPSA) is 116 Å². The largest absolute Gasteiger partial charge is 0.507 e. The van der Waals surface area contributed by atoms with Crippen molar-refractivity contribution in [1.82, 2.24) is 0 Å². The molecule has 2 aromatic heterocycles. The molecule has 1 N–H and O–H groups in total. The number of ether oxygens (including phenoxy) is 1. The average Bonchev–Trinajstić information content (AvgIpc) is 3.16. The van der Waals surface area contributed by atoms with Crippen LogP contribution in [0.15, 0.2) is 62.2 Å². The van der Waals surface area contributed by atoms with Crippen molar-refractivity contribution in [2.75, 3.05) is 0 Å². The van der Waals surface area contributed by atoms with Gasteiger partial charge in [0.15, 0.2) is 11.5 Å². The van der Waals surface area contributed by atoms with Gasteiger partial charge in [0, 0.05) is 29.1 Å². The van der Waals surface area contributed by atoms with Crippen LogP contribution in [0.1, 0.15) is 16.7 Å². The smallest absolute Gasteiger partial charge is 0.343 e. The minimum Gasteiger partial charge on any atom is -0.507 e. The number of nitro benzene ring substituents is 1. The van der Waals surface area contributed by atoms with Gasteiger partial charge in [0.2, 0.25) is 0 Å². The molecule has 8 heteroatoms. The third kappa shape index (κ3) is 3.50. The number of furan rings is 1. The van der Waals surface area contributed by atoms with E-state index in [1.807, 2.05) is 0 Å². The third-order valence-electron chi connectivity index (χ3n) is 4.79. The quantitative estimate of drug-likeness (QED) is 0.371. The second-order valence-electron chi connectivity index (χ2n) is 6.84. The summed E-state index contributed by atoms with van der Waals surface area (Å²) in [5.41, 5.74) is 1.09. The highest BCUT2D eigenvalue weighted by Gasteiger charge is 2.18. The molecule has 2 aromatic carbocycles. The molecule has 0 aliphatic carbocycles. The second kappa shape index (κ2) is 7.40. The molecule has 4 aromatic rings. The molecule has 0 saturated heterocycles. The zero-order chi connectivity index (χ0) is 21.4. The molecular formula is C22H17NO7. The Bertz CT molecular complexity index is 1330. The molecule has 0 saturated carbocycles. The van der Waals surface area contributed by atoms with Gasteiger partial charge in [-0.1, -0.05) is 12.1 Å². The van der Waals surface area contributed by atoms with Crippen LogP contribution in [0.3, 0.4) is 0 Å². The summed E-state index contributed by atoms with van der Waals surface area (Å²) in [6.07, 6.45) is 0. The molecule has 0 bridgehead atoms. The van der Waals surface area contributed by atoms with E-state index in [1.54, 1.807) is 43.3 Å². The predicted molar refractivity (Wildman–Crippen MR) is 109 cm³/mol. The molecule has 0 unspecified atom stereocenters. The van der Waals surface area contributed by atoms with Crippen molar-refractivity contribution in [3.05, 3.63) is 85.8 Å². The van der Waals surface area contributed by atoms with Crippen LogP contribution < -0.4 is 10.4 Å². The van der Waals surface area contributed by atoms with E-state index in [9.17, 15) is 20.0 Å². The molecule has 8 nitrogen and oxygen atoms in total. The van der Waals surface area contributed by atoms with E-state index >= 15 is 0 Å². The summed E-state index contributed by atoms with van der Waals surface area (Å²) in [5, 5.41) is 21.8. The van der Waals surface area contributed by atoms with E-state index < -0.39 is 10.5 Å². The minimum atomic E-state index is -0.630. The number of aromatic hydroxyl groups is 1. The van der Waals surface area contributed by atoms with Crippen molar-refractivity contribution >= 4 is 16.7 Å². The summed E-state index contributed by atoms with van der Waals surface area (Å²) >= 11 is 0. The van der Waals surface area contributed by atoms with Crippen molar-refractivity contribution in [1.29, 1.82) is 0 Å². The fourth-order valence-corrected chi connectivity index (χ4v) is 3.11. The number of nitro groups is 1. The van der Waals surface area contributed by atoms with Crippen LogP contribution in [0.4, 0.5) is 5.69 Å². The molecule has 4 rings (SSSR count). The molecular weight excluding hydrogens is 390 g/mol. The van der Waals surface area contributed by atoms with Crippen LogP contribution >= 0.6 is 0 Å². The van der Waals surface area contributed by atoms with Gasteiger partial charge < -0.3 is 18.7 Å². The standard InChI is InChI=1S/C22H17NO7/c1-12-20(24)13(2)22(25)30-21(12)19-9-15-6-7-17(10-18(15)29-19)28-11-14-4-3-5-16(8-14)23(26)27/h3-10,24H,11H2,1-2H3. The van der Waals surface area contributed by atoms with E-state index in [0.29, 0.717) is 28.2 Å². The SMILES string of the molecule is Cc1c(-c2cc3ccc(OCc4cccc([N+](=O)[O-])c4)cc3o2)oc(=O)c(C)c1O. The summed E-state index contributed by atoms with van der Waals surface area (Å²) in [4.78, 5) is 22.3. The third-order valence-corrected chi connectivity index (χ3v) is 4.79. The molecule has 0 aliphatic heterocycles. The summed E-state index contributed by atoms with van der Waals surface area (Å²) in [7, 11) is 0. The molecule has 0 aliphatic rings. The number of nitrogens with zero attached hydrogens (tertiary/aromatic N) is 1. The highest BCUT2D eigenvalue weighted by molar-refractivity contribution is 5.83. The first-order valence-electron chi connectivity index (χ1n) is 9.07. The Morgan fingerprint density at radius 1 is 1.07 bits per heavy atom. The molecule has 0 fully saturated rings.